The van der Waals surface area contributed by atoms with Crippen molar-refractivity contribution in [2.45, 2.75) is 59.0 Å². The Balaban J connectivity index is 1.86. The summed E-state index contributed by atoms with van der Waals surface area (Å²) in [5.41, 5.74) is 0.193. The molecule has 0 bridgehead atoms. The number of halogens is 2. The summed E-state index contributed by atoms with van der Waals surface area (Å²) >= 11 is 0. The van der Waals surface area contributed by atoms with Crippen molar-refractivity contribution in [1.29, 1.82) is 0 Å². The van der Waals surface area contributed by atoms with Gasteiger partial charge in [0.2, 0.25) is 11.8 Å². The molecular weight excluding hydrogens is 456 g/mol. The van der Waals surface area contributed by atoms with E-state index in [0.29, 0.717) is 25.1 Å². The second-order valence-electron chi connectivity index (χ2n) is 8.65. The van der Waals surface area contributed by atoms with Gasteiger partial charge in [0, 0.05) is 12.1 Å². The predicted molar refractivity (Wildman–Crippen MR) is 131 cm³/mol. The maximum atomic E-state index is 13.4. The molecular formula is C25H37F2N5O3. The SMILES string of the molecule is CCCC(NC(=O)Cc1cc(F)cc(F)c1)C(=O)Nc1cc(CN(C)CCCN(CC)CC)on1. The summed E-state index contributed by atoms with van der Waals surface area (Å²) < 4.78 is 32.1. The normalized spacial score (nSPS) is 12.2. The lowest BCUT2D eigenvalue weighted by atomic mass is 10.1. The van der Waals surface area contributed by atoms with Crippen molar-refractivity contribution in [3.8, 4) is 0 Å². The molecule has 2 aromatic rings. The fourth-order valence-corrected chi connectivity index (χ4v) is 3.81. The number of aromatic nitrogens is 1. The van der Waals surface area contributed by atoms with Crippen LogP contribution in [0.2, 0.25) is 0 Å². The lowest BCUT2D eigenvalue weighted by molar-refractivity contribution is -0.126. The van der Waals surface area contributed by atoms with Crippen LogP contribution < -0.4 is 10.6 Å². The van der Waals surface area contributed by atoms with Gasteiger partial charge < -0.3 is 20.1 Å². The number of benzene rings is 1. The Morgan fingerprint density at radius 2 is 1.74 bits per heavy atom. The third kappa shape index (κ3) is 10.1. The molecule has 8 nitrogen and oxygen atoms in total. The third-order valence-electron chi connectivity index (χ3n) is 5.66. The van der Waals surface area contributed by atoms with Gasteiger partial charge in [0.15, 0.2) is 11.6 Å². The van der Waals surface area contributed by atoms with Crippen molar-refractivity contribution >= 4 is 17.6 Å². The van der Waals surface area contributed by atoms with E-state index in [-0.39, 0.29) is 17.8 Å². The zero-order valence-corrected chi connectivity index (χ0v) is 21.1. The second-order valence-corrected chi connectivity index (χ2v) is 8.65. The first kappa shape index (κ1) is 28.4. The number of carbonyl (C=O) groups excluding carboxylic acids is 2. The van der Waals surface area contributed by atoms with E-state index in [1.165, 1.54) is 0 Å². The minimum absolute atomic E-state index is 0.193. The topological polar surface area (TPSA) is 90.7 Å². The third-order valence-corrected chi connectivity index (χ3v) is 5.66. The van der Waals surface area contributed by atoms with Crippen molar-refractivity contribution in [3.05, 3.63) is 47.2 Å². The molecule has 1 aromatic heterocycles. The summed E-state index contributed by atoms with van der Waals surface area (Å²) in [5.74, 6) is -1.56. The van der Waals surface area contributed by atoms with Crippen molar-refractivity contribution in [2.24, 2.45) is 0 Å². The summed E-state index contributed by atoms with van der Waals surface area (Å²) in [5, 5.41) is 9.23. The van der Waals surface area contributed by atoms with Crippen LogP contribution in [-0.2, 0) is 22.6 Å². The number of amides is 2. The average molecular weight is 494 g/mol. The van der Waals surface area contributed by atoms with Crippen LogP contribution in [0.3, 0.4) is 0 Å². The molecule has 194 valence electrons. The fourth-order valence-electron chi connectivity index (χ4n) is 3.81. The van der Waals surface area contributed by atoms with Gasteiger partial charge in [-0.15, -0.1) is 0 Å². The number of hydrogen-bond acceptors (Lipinski definition) is 6. The first-order chi connectivity index (χ1) is 16.7. The molecule has 1 heterocycles. The standard InChI is InChI=1S/C25H37F2N5O3/c1-5-9-22(28-24(33)14-18-12-19(26)15-20(27)13-18)25(34)29-23-16-21(35-30-23)17-31(4)10-8-11-32(6-2)7-3/h12-13,15-16,22H,5-11,14,17H2,1-4H3,(H,28,33)(H,29,30,34). The van der Waals surface area contributed by atoms with Crippen LogP contribution in [0.5, 0.6) is 0 Å². The van der Waals surface area contributed by atoms with E-state index in [1.54, 1.807) is 6.07 Å². The number of nitrogens with zero attached hydrogens (tertiary/aromatic N) is 3. The van der Waals surface area contributed by atoms with Gasteiger partial charge in [0.25, 0.3) is 0 Å². The number of anilines is 1. The van der Waals surface area contributed by atoms with Gasteiger partial charge in [-0.1, -0.05) is 32.3 Å². The summed E-state index contributed by atoms with van der Waals surface area (Å²) in [6, 6.07) is 3.78. The first-order valence-electron chi connectivity index (χ1n) is 12.2. The van der Waals surface area contributed by atoms with Crippen molar-refractivity contribution in [1.82, 2.24) is 20.3 Å². The van der Waals surface area contributed by atoms with Crippen molar-refractivity contribution in [2.75, 3.05) is 38.5 Å². The van der Waals surface area contributed by atoms with Gasteiger partial charge in [0.05, 0.1) is 13.0 Å². The molecule has 2 rings (SSSR count). The Kier molecular flexibility index (Phi) is 11.8. The zero-order valence-electron chi connectivity index (χ0n) is 21.1. The summed E-state index contributed by atoms with van der Waals surface area (Å²) in [4.78, 5) is 29.6. The van der Waals surface area contributed by atoms with E-state index in [0.717, 1.165) is 50.8 Å². The Labute approximate surface area is 206 Å². The summed E-state index contributed by atoms with van der Waals surface area (Å²) in [7, 11) is 2.00. The Bertz CT molecular complexity index is 929. The maximum absolute atomic E-state index is 13.4. The van der Waals surface area contributed by atoms with Crippen LogP contribution in [-0.4, -0.2) is 66.0 Å². The highest BCUT2D eigenvalue weighted by atomic mass is 19.1. The van der Waals surface area contributed by atoms with E-state index in [9.17, 15) is 18.4 Å². The van der Waals surface area contributed by atoms with Gasteiger partial charge in [-0.2, -0.15) is 0 Å². The molecule has 0 saturated carbocycles. The maximum Gasteiger partial charge on any atom is 0.248 e. The minimum atomic E-state index is -0.811. The zero-order chi connectivity index (χ0) is 25.8. The lowest BCUT2D eigenvalue weighted by Crippen LogP contribution is -2.44. The Hall–Kier alpha value is -2.85. The van der Waals surface area contributed by atoms with E-state index in [4.69, 9.17) is 4.52 Å². The van der Waals surface area contributed by atoms with E-state index in [1.807, 2.05) is 14.0 Å². The molecule has 10 heteroatoms. The molecule has 0 radical (unpaired) electrons. The van der Waals surface area contributed by atoms with E-state index in [2.05, 4.69) is 39.4 Å². The molecule has 0 saturated heterocycles. The molecule has 0 fully saturated rings. The highest BCUT2D eigenvalue weighted by Crippen LogP contribution is 2.13. The number of carbonyl (C=O) groups is 2. The Morgan fingerprint density at radius 1 is 1.06 bits per heavy atom. The van der Waals surface area contributed by atoms with Crippen molar-refractivity contribution in [3.63, 3.8) is 0 Å². The molecule has 2 N–H and O–H groups in total. The van der Waals surface area contributed by atoms with Crippen LogP contribution in [0.25, 0.3) is 0 Å². The van der Waals surface area contributed by atoms with E-state index >= 15 is 0 Å². The van der Waals surface area contributed by atoms with Gasteiger partial charge in [-0.05, 0) is 63.8 Å². The number of nitrogens with one attached hydrogen (secondary N) is 2. The smallest absolute Gasteiger partial charge is 0.248 e. The molecule has 1 aromatic carbocycles. The van der Waals surface area contributed by atoms with Crippen LogP contribution in [0.4, 0.5) is 14.6 Å². The predicted octanol–water partition coefficient (Wildman–Crippen LogP) is 3.58. The first-order valence-corrected chi connectivity index (χ1v) is 12.2. The van der Waals surface area contributed by atoms with E-state index < -0.39 is 29.5 Å². The molecule has 0 aliphatic rings. The molecule has 1 atom stereocenters. The summed E-state index contributed by atoms with van der Waals surface area (Å²) in [6.07, 6.45) is 1.85. The van der Waals surface area contributed by atoms with Gasteiger partial charge in [-0.25, -0.2) is 8.78 Å². The fraction of sp³-hybridized carbons (Fsp3) is 0.560. The van der Waals surface area contributed by atoms with Crippen molar-refractivity contribution < 1.29 is 22.9 Å². The van der Waals surface area contributed by atoms with Gasteiger partial charge in [-0.3, -0.25) is 14.5 Å². The molecule has 35 heavy (non-hydrogen) atoms. The second kappa shape index (κ2) is 14.5. The molecule has 0 aliphatic heterocycles. The largest absolute Gasteiger partial charge is 0.358 e. The highest BCUT2D eigenvalue weighted by Gasteiger charge is 2.22. The van der Waals surface area contributed by atoms with Crippen LogP contribution >= 0.6 is 0 Å². The molecule has 0 spiro atoms. The summed E-state index contributed by atoms with van der Waals surface area (Å²) in [6.45, 7) is 10.8. The highest BCUT2D eigenvalue weighted by molar-refractivity contribution is 5.96. The minimum Gasteiger partial charge on any atom is -0.358 e. The van der Waals surface area contributed by atoms with Crippen LogP contribution in [0, 0.1) is 11.6 Å². The van der Waals surface area contributed by atoms with Gasteiger partial charge in [0.1, 0.15) is 17.7 Å². The molecule has 1 unspecified atom stereocenters. The van der Waals surface area contributed by atoms with Crippen LogP contribution in [0.15, 0.2) is 28.8 Å². The monoisotopic (exact) mass is 493 g/mol. The van der Waals surface area contributed by atoms with Gasteiger partial charge >= 0.3 is 0 Å². The van der Waals surface area contributed by atoms with Crippen LogP contribution in [0.1, 0.15) is 51.4 Å². The Morgan fingerprint density at radius 3 is 2.37 bits per heavy atom. The number of hydrogen-bond donors (Lipinski definition) is 2. The molecule has 0 aliphatic carbocycles. The number of rotatable bonds is 15. The quantitative estimate of drug-likeness (QED) is 0.394. The molecule has 2 amide bonds. The lowest BCUT2D eigenvalue weighted by Gasteiger charge is -2.20. The average Bonchev–Trinajstić information content (AvgIpc) is 3.22.